The van der Waals surface area contributed by atoms with Crippen molar-refractivity contribution in [3.8, 4) is 0 Å². The Morgan fingerprint density at radius 1 is 1.07 bits per heavy atom. The lowest BCUT2D eigenvalue weighted by atomic mass is 10.0. The van der Waals surface area contributed by atoms with Crippen LogP contribution < -0.4 is 0 Å². The van der Waals surface area contributed by atoms with Gasteiger partial charge >= 0.3 is 0 Å². The van der Waals surface area contributed by atoms with Gasteiger partial charge < -0.3 is 9.42 Å². The second-order valence-electron chi connectivity index (χ2n) is 7.46. The van der Waals surface area contributed by atoms with E-state index < -0.39 is 0 Å². The van der Waals surface area contributed by atoms with Gasteiger partial charge in [0.15, 0.2) is 11.5 Å². The highest BCUT2D eigenvalue weighted by Gasteiger charge is 2.22. The third-order valence-electron chi connectivity index (χ3n) is 5.16. The fourth-order valence-corrected chi connectivity index (χ4v) is 3.54. The van der Waals surface area contributed by atoms with Crippen LogP contribution in [-0.2, 0) is 17.8 Å². The van der Waals surface area contributed by atoms with Crippen LogP contribution in [0.3, 0.4) is 0 Å². The van der Waals surface area contributed by atoms with Gasteiger partial charge in [-0.25, -0.2) is 0 Å². The number of Topliss-reactive ketones (excluding diaryl/α,β-unsaturated/α-hetero) is 1. The highest BCUT2D eigenvalue weighted by atomic mass is 16.5. The van der Waals surface area contributed by atoms with Gasteiger partial charge in [-0.15, -0.1) is 0 Å². The number of hydrogen-bond donors (Lipinski definition) is 0. The molecule has 0 atom stereocenters. The zero-order valence-electron chi connectivity index (χ0n) is 16.8. The number of rotatable bonds is 8. The van der Waals surface area contributed by atoms with Crippen LogP contribution in [0.15, 0.2) is 34.9 Å². The van der Waals surface area contributed by atoms with Crippen LogP contribution in [0.5, 0.6) is 0 Å². The van der Waals surface area contributed by atoms with E-state index in [0.29, 0.717) is 18.7 Å². The first-order chi connectivity index (χ1) is 13.5. The molecule has 2 heterocycles. The lowest BCUT2D eigenvalue weighted by molar-refractivity contribution is -0.133. The third kappa shape index (κ3) is 5.52. The molecule has 2 aromatic rings. The van der Waals surface area contributed by atoms with Gasteiger partial charge in [0.2, 0.25) is 5.91 Å². The maximum Gasteiger partial charge on any atom is 0.223 e. The first-order valence-electron chi connectivity index (χ1n) is 10.1. The van der Waals surface area contributed by atoms with Gasteiger partial charge in [-0.2, -0.15) is 0 Å². The Morgan fingerprint density at radius 2 is 1.79 bits per heavy atom. The fourth-order valence-electron chi connectivity index (χ4n) is 3.54. The average Bonchev–Trinajstić information content (AvgIpc) is 3.12. The molecule has 0 spiro atoms. The molecule has 3 rings (SSSR count). The fraction of sp³-hybridized carbons (Fsp3) is 0.500. The third-order valence-corrected chi connectivity index (χ3v) is 5.16. The first kappa shape index (κ1) is 20.3. The van der Waals surface area contributed by atoms with Crippen LogP contribution in [0, 0.1) is 6.92 Å². The Balaban J connectivity index is 1.41. The molecule has 1 amide bonds. The highest BCUT2D eigenvalue weighted by molar-refractivity contribution is 5.98. The van der Waals surface area contributed by atoms with Crippen molar-refractivity contribution in [3.63, 3.8) is 0 Å². The van der Waals surface area contributed by atoms with Crippen molar-refractivity contribution in [1.29, 1.82) is 0 Å². The number of amides is 1. The monoisotopic (exact) mass is 383 g/mol. The number of aryl methyl sites for hydroxylation is 2. The van der Waals surface area contributed by atoms with E-state index in [-0.39, 0.29) is 24.5 Å². The molecular weight excluding hydrogens is 354 g/mol. The smallest absolute Gasteiger partial charge is 0.223 e. The zero-order chi connectivity index (χ0) is 19.9. The summed E-state index contributed by atoms with van der Waals surface area (Å²) in [6.45, 7) is 7.74. The van der Waals surface area contributed by atoms with Gasteiger partial charge in [-0.05, 0) is 18.9 Å². The van der Waals surface area contributed by atoms with Gasteiger partial charge in [0.25, 0.3) is 0 Å². The van der Waals surface area contributed by atoms with E-state index >= 15 is 0 Å². The molecule has 6 nitrogen and oxygen atoms in total. The largest absolute Gasteiger partial charge is 0.360 e. The maximum absolute atomic E-state index is 12.5. The number of hydrogen-bond acceptors (Lipinski definition) is 5. The average molecular weight is 383 g/mol. The molecule has 1 saturated heterocycles. The van der Waals surface area contributed by atoms with Gasteiger partial charge in [-0.1, -0.05) is 42.8 Å². The highest BCUT2D eigenvalue weighted by Crippen LogP contribution is 2.13. The van der Waals surface area contributed by atoms with Crippen LogP contribution >= 0.6 is 0 Å². The summed E-state index contributed by atoms with van der Waals surface area (Å²) in [4.78, 5) is 28.9. The Morgan fingerprint density at radius 3 is 2.39 bits per heavy atom. The van der Waals surface area contributed by atoms with E-state index in [1.165, 1.54) is 5.56 Å². The van der Waals surface area contributed by atoms with Crippen LogP contribution in [0.2, 0.25) is 0 Å². The van der Waals surface area contributed by atoms with E-state index in [0.717, 1.165) is 43.9 Å². The molecule has 0 unspecified atom stereocenters. The number of ketones is 1. The molecule has 1 aromatic heterocycles. The van der Waals surface area contributed by atoms with Gasteiger partial charge in [0.05, 0.1) is 12.2 Å². The Kier molecular flexibility index (Phi) is 6.98. The lowest BCUT2D eigenvalue weighted by Gasteiger charge is -2.34. The summed E-state index contributed by atoms with van der Waals surface area (Å²) in [5, 5.41) is 3.91. The summed E-state index contributed by atoms with van der Waals surface area (Å²) in [6.07, 6.45) is 2.66. The number of piperazine rings is 1. The summed E-state index contributed by atoms with van der Waals surface area (Å²) in [5.74, 6) is 0.953. The van der Waals surface area contributed by atoms with Crippen molar-refractivity contribution in [2.24, 2.45) is 0 Å². The molecule has 1 aliphatic rings. The molecule has 0 aliphatic carbocycles. The number of aromatic nitrogens is 1. The summed E-state index contributed by atoms with van der Waals surface area (Å²) < 4.78 is 5.26. The quantitative estimate of drug-likeness (QED) is 0.655. The Bertz CT molecular complexity index is 790. The van der Waals surface area contributed by atoms with Crippen LogP contribution in [0.25, 0.3) is 0 Å². The standard InChI is InChI=1S/C22H29N3O3/c1-3-4-18-5-7-19(8-6-18)21(26)9-10-22(27)25-13-11-24(12-14-25)16-20-15-17(2)23-28-20/h5-8,15H,3-4,9-14,16H2,1-2H3. The van der Waals surface area contributed by atoms with Crippen molar-refractivity contribution in [2.45, 2.75) is 46.1 Å². The molecule has 1 aromatic carbocycles. The number of nitrogens with zero attached hydrogens (tertiary/aromatic N) is 3. The minimum Gasteiger partial charge on any atom is -0.360 e. The van der Waals surface area contributed by atoms with Crippen molar-refractivity contribution in [1.82, 2.24) is 15.0 Å². The molecule has 150 valence electrons. The summed E-state index contributed by atoms with van der Waals surface area (Å²) >= 11 is 0. The second-order valence-corrected chi connectivity index (χ2v) is 7.46. The maximum atomic E-state index is 12.5. The lowest BCUT2D eigenvalue weighted by Crippen LogP contribution is -2.48. The number of carbonyl (C=O) groups excluding carboxylic acids is 2. The summed E-state index contributed by atoms with van der Waals surface area (Å²) in [6, 6.07) is 9.71. The van der Waals surface area contributed by atoms with Gasteiger partial charge in [0.1, 0.15) is 0 Å². The van der Waals surface area contributed by atoms with Crippen LogP contribution in [0.1, 0.15) is 53.6 Å². The summed E-state index contributed by atoms with van der Waals surface area (Å²) in [7, 11) is 0. The van der Waals surface area contributed by atoms with Gasteiger partial charge in [-0.3, -0.25) is 14.5 Å². The van der Waals surface area contributed by atoms with Crippen molar-refractivity contribution in [2.75, 3.05) is 26.2 Å². The zero-order valence-corrected chi connectivity index (χ0v) is 16.8. The van der Waals surface area contributed by atoms with E-state index in [2.05, 4.69) is 17.0 Å². The molecule has 0 saturated carbocycles. The SMILES string of the molecule is CCCc1ccc(C(=O)CCC(=O)N2CCN(Cc3cc(C)no3)CC2)cc1. The minimum absolute atomic E-state index is 0.0377. The van der Waals surface area contributed by atoms with E-state index in [9.17, 15) is 9.59 Å². The van der Waals surface area contributed by atoms with E-state index in [1.54, 1.807) is 0 Å². The molecule has 0 N–H and O–H groups in total. The van der Waals surface area contributed by atoms with Crippen molar-refractivity contribution in [3.05, 3.63) is 52.9 Å². The second kappa shape index (κ2) is 9.64. The Hall–Kier alpha value is -2.47. The Labute approximate surface area is 166 Å². The first-order valence-corrected chi connectivity index (χ1v) is 10.1. The van der Waals surface area contributed by atoms with Gasteiger partial charge in [0, 0.05) is 50.7 Å². The molecule has 6 heteroatoms. The topological polar surface area (TPSA) is 66.7 Å². The number of benzene rings is 1. The number of carbonyl (C=O) groups is 2. The van der Waals surface area contributed by atoms with Crippen molar-refractivity contribution < 1.29 is 14.1 Å². The molecule has 28 heavy (non-hydrogen) atoms. The van der Waals surface area contributed by atoms with E-state index in [4.69, 9.17) is 4.52 Å². The molecule has 0 radical (unpaired) electrons. The minimum atomic E-state index is 0.0377. The molecule has 1 aliphatic heterocycles. The van der Waals surface area contributed by atoms with Crippen molar-refractivity contribution >= 4 is 11.7 Å². The van der Waals surface area contributed by atoms with Crippen LogP contribution in [-0.4, -0.2) is 52.8 Å². The van der Waals surface area contributed by atoms with E-state index in [1.807, 2.05) is 42.2 Å². The molecule has 0 bridgehead atoms. The van der Waals surface area contributed by atoms with Crippen LogP contribution in [0.4, 0.5) is 0 Å². The predicted octanol–water partition coefficient (Wildman–Crippen LogP) is 3.24. The predicted molar refractivity (Wildman–Crippen MR) is 107 cm³/mol. The molecular formula is C22H29N3O3. The molecule has 1 fully saturated rings. The normalized spacial score (nSPS) is 15.0. The summed E-state index contributed by atoms with van der Waals surface area (Å²) in [5.41, 5.74) is 2.82.